The van der Waals surface area contributed by atoms with Gasteiger partial charge in [0.15, 0.2) is 0 Å². The summed E-state index contributed by atoms with van der Waals surface area (Å²) in [6.07, 6.45) is 0.111. The number of carbonyl (C=O) groups is 3. The van der Waals surface area contributed by atoms with Crippen LogP contribution in [-0.4, -0.2) is 29.4 Å². The van der Waals surface area contributed by atoms with Gasteiger partial charge in [-0.3, -0.25) is 14.4 Å². The van der Waals surface area contributed by atoms with Crippen molar-refractivity contribution in [3.8, 4) is 0 Å². The highest BCUT2D eigenvalue weighted by Crippen LogP contribution is 2.16. The number of carboxylic acids is 1. The minimum Gasteiger partial charge on any atom is -0.481 e. The van der Waals surface area contributed by atoms with E-state index in [1.807, 2.05) is 22.6 Å². The number of halogens is 2. The molecule has 1 aromatic rings. The van der Waals surface area contributed by atoms with Crippen LogP contribution in [0.2, 0.25) is 0 Å². The minimum atomic E-state index is -1.000. The summed E-state index contributed by atoms with van der Waals surface area (Å²) in [4.78, 5) is 33.1. The van der Waals surface area contributed by atoms with Gasteiger partial charge in [0.2, 0.25) is 0 Å². The maximum atomic E-state index is 13.5. The molecule has 0 spiro atoms. The predicted octanol–water partition coefficient (Wildman–Crippen LogP) is 1.35. The zero-order valence-electron chi connectivity index (χ0n) is 10.3. The zero-order valence-corrected chi connectivity index (χ0v) is 12.4. The summed E-state index contributed by atoms with van der Waals surface area (Å²) in [5, 5.41) is 12.8. The van der Waals surface area contributed by atoms with E-state index in [2.05, 4.69) is 10.6 Å². The fourth-order valence-electron chi connectivity index (χ4n) is 1.29. The first-order chi connectivity index (χ1) is 9.40. The van der Waals surface area contributed by atoms with E-state index in [-0.39, 0.29) is 25.1 Å². The van der Waals surface area contributed by atoms with Crippen molar-refractivity contribution in [3.05, 3.63) is 27.6 Å². The lowest BCUT2D eigenvalue weighted by Gasteiger charge is -2.07. The Hall–Kier alpha value is -1.71. The number of anilines is 1. The largest absolute Gasteiger partial charge is 0.481 e. The number of carbonyl (C=O) groups excluding carboxylic acids is 2. The quantitative estimate of drug-likeness (QED) is 0.399. The van der Waals surface area contributed by atoms with Crippen molar-refractivity contribution in [2.45, 2.75) is 12.8 Å². The Morgan fingerprint density at radius 3 is 2.55 bits per heavy atom. The smallest absolute Gasteiger partial charge is 0.313 e. The molecule has 1 aromatic carbocycles. The Morgan fingerprint density at radius 1 is 1.25 bits per heavy atom. The van der Waals surface area contributed by atoms with E-state index >= 15 is 0 Å². The number of nitrogens with one attached hydrogen (secondary N) is 2. The molecule has 0 radical (unpaired) electrons. The average Bonchev–Trinajstić information content (AvgIpc) is 2.37. The minimum absolute atomic E-state index is 0.0632. The second-order valence-corrected chi connectivity index (χ2v) is 5.08. The molecule has 0 bridgehead atoms. The number of rotatable bonds is 5. The van der Waals surface area contributed by atoms with Crippen molar-refractivity contribution in [1.82, 2.24) is 5.32 Å². The highest BCUT2D eigenvalue weighted by Gasteiger charge is 2.15. The standard InChI is InChI=1S/C12H12FIN2O4/c13-8-6-7(14)3-4-9(8)16-12(20)11(19)15-5-1-2-10(17)18/h3-4,6H,1-2,5H2,(H,15,19)(H,16,20)(H,17,18). The SMILES string of the molecule is O=C(O)CCCNC(=O)C(=O)Nc1ccc(I)cc1F. The molecule has 0 fully saturated rings. The molecule has 0 unspecified atom stereocenters. The molecule has 20 heavy (non-hydrogen) atoms. The predicted molar refractivity (Wildman–Crippen MR) is 77.6 cm³/mol. The van der Waals surface area contributed by atoms with Gasteiger partial charge in [0.25, 0.3) is 0 Å². The van der Waals surface area contributed by atoms with Crippen molar-refractivity contribution in [1.29, 1.82) is 0 Å². The van der Waals surface area contributed by atoms with Crippen LogP contribution in [0.1, 0.15) is 12.8 Å². The highest BCUT2D eigenvalue weighted by molar-refractivity contribution is 14.1. The lowest BCUT2D eigenvalue weighted by Crippen LogP contribution is -2.36. The summed E-state index contributed by atoms with van der Waals surface area (Å²) in [5.41, 5.74) is -0.0869. The topological polar surface area (TPSA) is 95.5 Å². The van der Waals surface area contributed by atoms with Gasteiger partial charge in [0, 0.05) is 16.5 Å². The van der Waals surface area contributed by atoms with E-state index < -0.39 is 23.6 Å². The van der Waals surface area contributed by atoms with Crippen molar-refractivity contribution in [3.63, 3.8) is 0 Å². The van der Waals surface area contributed by atoms with Crippen molar-refractivity contribution < 1.29 is 23.9 Å². The Labute approximate surface area is 127 Å². The molecular weight excluding hydrogens is 382 g/mol. The van der Waals surface area contributed by atoms with Crippen LogP contribution in [0.15, 0.2) is 18.2 Å². The Bertz CT molecular complexity index is 536. The van der Waals surface area contributed by atoms with Gasteiger partial charge in [-0.1, -0.05) is 0 Å². The molecule has 0 aliphatic rings. The molecule has 1 rings (SSSR count). The average molecular weight is 394 g/mol. The van der Waals surface area contributed by atoms with Crippen LogP contribution in [0, 0.1) is 9.39 Å². The summed E-state index contributed by atoms with van der Waals surface area (Å²) in [7, 11) is 0. The van der Waals surface area contributed by atoms with Crippen LogP contribution >= 0.6 is 22.6 Å². The zero-order chi connectivity index (χ0) is 15.1. The molecule has 2 amide bonds. The van der Waals surface area contributed by atoms with E-state index in [0.29, 0.717) is 3.57 Å². The lowest BCUT2D eigenvalue weighted by atomic mass is 10.3. The van der Waals surface area contributed by atoms with Gasteiger partial charge >= 0.3 is 17.8 Å². The summed E-state index contributed by atoms with van der Waals surface area (Å²) >= 11 is 1.92. The van der Waals surface area contributed by atoms with Crippen molar-refractivity contribution >= 4 is 46.1 Å². The van der Waals surface area contributed by atoms with Crippen LogP contribution < -0.4 is 10.6 Å². The Kier molecular flexibility index (Phi) is 6.36. The number of carboxylic acid groups (broad SMARTS) is 1. The first-order valence-corrected chi connectivity index (χ1v) is 6.74. The first-order valence-electron chi connectivity index (χ1n) is 5.66. The number of hydrogen-bond donors (Lipinski definition) is 3. The van der Waals surface area contributed by atoms with E-state index in [4.69, 9.17) is 5.11 Å². The number of aliphatic carboxylic acids is 1. The third-order valence-corrected chi connectivity index (χ3v) is 2.91. The molecular formula is C12H12FIN2O4. The number of amides is 2. The van der Waals surface area contributed by atoms with E-state index in [1.54, 1.807) is 6.07 Å². The molecule has 0 saturated carbocycles. The van der Waals surface area contributed by atoms with E-state index in [0.717, 1.165) is 0 Å². The second-order valence-electron chi connectivity index (χ2n) is 3.83. The van der Waals surface area contributed by atoms with Gasteiger partial charge in [-0.25, -0.2) is 4.39 Å². The maximum Gasteiger partial charge on any atom is 0.313 e. The van der Waals surface area contributed by atoms with Gasteiger partial charge in [-0.2, -0.15) is 0 Å². The number of benzene rings is 1. The molecule has 0 aliphatic heterocycles. The summed E-state index contributed by atoms with van der Waals surface area (Å²) in [6.45, 7) is 0.0632. The van der Waals surface area contributed by atoms with E-state index in [1.165, 1.54) is 12.1 Å². The summed E-state index contributed by atoms with van der Waals surface area (Å²) in [5.74, 6) is -3.55. The number of hydrogen-bond acceptors (Lipinski definition) is 3. The monoisotopic (exact) mass is 394 g/mol. The van der Waals surface area contributed by atoms with E-state index in [9.17, 15) is 18.8 Å². The van der Waals surface area contributed by atoms with Gasteiger partial charge in [0.05, 0.1) is 5.69 Å². The van der Waals surface area contributed by atoms with Crippen molar-refractivity contribution in [2.24, 2.45) is 0 Å². The third-order valence-electron chi connectivity index (χ3n) is 2.24. The van der Waals surface area contributed by atoms with Gasteiger partial charge in [0.1, 0.15) is 5.82 Å². The molecule has 8 heteroatoms. The van der Waals surface area contributed by atoms with Crippen LogP contribution in [0.4, 0.5) is 10.1 Å². The molecule has 0 heterocycles. The third kappa shape index (κ3) is 5.51. The van der Waals surface area contributed by atoms with Crippen LogP contribution in [-0.2, 0) is 14.4 Å². The first kappa shape index (κ1) is 16.3. The Balaban J connectivity index is 2.45. The highest BCUT2D eigenvalue weighted by atomic mass is 127. The fourth-order valence-corrected chi connectivity index (χ4v) is 1.74. The molecule has 0 saturated heterocycles. The molecule has 6 nitrogen and oxygen atoms in total. The molecule has 0 aliphatic carbocycles. The molecule has 0 atom stereocenters. The summed E-state index contributed by atoms with van der Waals surface area (Å²) < 4.78 is 14.1. The lowest BCUT2D eigenvalue weighted by molar-refractivity contribution is -0.137. The molecule has 108 valence electrons. The van der Waals surface area contributed by atoms with Crippen LogP contribution in [0.25, 0.3) is 0 Å². The van der Waals surface area contributed by atoms with Crippen molar-refractivity contribution in [2.75, 3.05) is 11.9 Å². The second kappa shape index (κ2) is 7.78. The maximum absolute atomic E-state index is 13.5. The van der Waals surface area contributed by atoms with Crippen LogP contribution in [0.3, 0.4) is 0 Å². The normalized spacial score (nSPS) is 9.90. The van der Waals surface area contributed by atoms with Gasteiger partial charge in [-0.15, -0.1) is 0 Å². The van der Waals surface area contributed by atoms with Crippen LogP contribution in [0.5, 0.6) is 0 Å². The summed E-state index contributed by atoms with van der Waals surface area (Å²) in [6, 6.07) is 4.16. The molecule has 3 N–H and O–H groups in total. The fraction of sp³-hybridized carbons (Fsp3) is 0.250. The van der Waals surface area contributed by atoms with Gasteiger partial charge < -0.3 is 15.7 Å². The molecule has 0 aromatic heterocycles. The Morgan fingerprint density at radius 2 is 1.95 bits per heavy atom. The van der Waals surface area contributed by atoms with Gasteiger partial charge in [-0.05, 0) is 47.2 Å².